The summed E-state index contributed by atoms with van der Waals surface area (Å²) in [7, 11) is 0. The summed E-state index contributed by atoms with van der Waals surface area (Å²) in [5.74, 6) is 0.727. The zero-order valence-corrected chi connectivity index (χ0v) is 14.8. The highest BCUT2D eigenvalue weighted by molar-refractivity contribution is 6.30. The number of benzene rings is 2. The molecule has 0 aromatic heterocycles. The molecule has 2 aromatic rings. The van der Waals surface area contributed by atoms with Crippen LogP contribution in [0.5, 0.6) is 11.5 Å². The first-order valence-electron chi connectivity index (χ1n) is 8.26. The standard InChI is InChI=1S/C19H19ClN2O4/c20-15-4-1-13(2-5-15)7-8-21-18(23)10-19(24)22-11-14-3-6-16-17(9-14)26-12-25-16/h1-6,9H,7-8,10-12H2,(H,21,23)(H,22,24). The van der Waals surface area contributed by atoms with Crippen LogP contribution in [0.2, 0.25) is 5.02 Å². The molecule has 2 N–H and O–H groups in total. The van der Waals surface area contributed by atoms with E-state index in [1.807, 2.05) is 36.4 Å². The fourth-order valence-electron chi connectivity index (χ4n) is 2.52. The molecule has 26 heavy (non-hydrogen) atoms. The molecule has 0 bridgehead atoms. The molecule has 0 aliphatic carbocycles. The number of fused-ring (bicyclic) bond motifs is 1. The van der Waals surface area contributed by atoms with Crippen LogP contribution in [0.1, 0.15) is 17.5 Å². The minimum atomic E-state index is -0.327. The third-order valence-electron chi connectivity index (χ3n) is 3.90. The first kappa shape index (κ1) is 18.1. The Morgan fingerprint density at radius 2 is 1.62 bits per heavy atom. The molecule has 0 unspecified atom stereocenters. The van der Waals surface area contributed by atoms with E-state index in [2.05, 4.69) is 10.6 Å². The van der Waals surface area contributed by atoms with Crippen molar-refractivity contribution in [3.8, 4) is 11.5 Å². The minimum absolute atomic E-state index is 0.203. The minimum Gasteiger partial charge on any atom is -0.454 e. The van der Waals surface area contributed by atoms with E-state index >= 15 is 0 Å². The van der Waals surface area contributed by atoms with Gasteiger partial charge >= 0.3 is 0 Å². The monoisotopic (exact) mass is 374 g/mol. The van der Waals surface area contributed by atoms with Crippen LogP contribution in [-0.2, 0) is 22.6 Å². The van der Waals surface area contributed by atoms with Gasteiger partial charge in [0.25, 0.3) is 0 Å². The van der Waals surface area contributed by atoms with Crippen molar-refractivity contribution in [3.05, 3.63) is 58.6 Å². The van der Waals surface area contributed by atoms with Gasteiger partial charge in [-0.25, -0.2) is 0 Å². The Labute approximate surface area is 156 Å². The van der Waals surface area contributed by atoms with E-state index in [0.29, 0.717) is 36.0 Å². The largest absolute Gasteiger partial charge is 0.454 e. The van der Waals surface area contributed by atoms with Crippen LogP contribution >= 0.6 is 11.6 Å². The van der Waals surface area contributed by atoms with Gasteiger partial charge in [0.05, 0.1) is 0 Å². The summed E-state index contributed by atoms with van der Waals surface area (Å²) < 4.78 is 10.5. The maximum Gasteiger partial charge on any atom is 0.231 e. The van der Waals surface area contributed by atoms with E-state index in [0.717, 1.165) is 11.1 Å². The average molecular weight is 375 g/mol. The normalized spacial score (nSPS) is 11.9. The molecule has 0 atom stereocenters. The fraction of sp³-hybridized carbons (Fsp3) is 0.263. The van der Waals surface area contributed by atoms with Crippen molar-refractivity contribution in [2.75, 3.05) is 13.3 Å². The van der Waals surface area contributed by atoms with Crippen LogP contribution < -0.4 is 20.1 Å². The van der Waals surface area contributed by atoms with Crippen molar-refractivity contribution in [2.45, 2.75) is 19.4 Å². The Hall–Kier alpha value is -2.73. The number of hydrogen-bond donors (Lipinski definition) is 2. The topological polar surface area (TPSA) is 76.7 Å². The Kier molecular flexibility index (Phi) is 5.96. The van der Waals surface area contributed by atoms with Crippen molar-refractivity contribution in [1.29, 1.82) is 0 Å². The SMILES string of the molecule is O=C(CC(=O)NCc1ccc2c(c1)OCO2)NCCc1ccc(Cl)cc1. The van der Waals surface area contributed by atoms with Gasteiger partial charge < -0.3 is 20.1 Å². The first-order valence-corrected chi connectivity index (χ1v) is 8.64. The molecular weight excluding hydrogens is 356 g/mol. The zero-order chi connectivity index (χ0) is 18.4. The lowest BCUT2D eigenvalue weighted by molar-refractivity contribution is -0.129. The highest BCUT2D eigenvalue weighted by Gasteiger charge is 2.14. The van der Waals surface area contributed by atoms with E-state index in [1.54, 1.807) is 6.07 Å². The molecule has 1 aliphatic rings. The number of rotatable bonds is 7. The summed E-state index contributed by atoms with van der Waals surface area (Å²) in [6, 6.07) is 12.9. The Morgan fingerprint density at radius 1 is 0.923 bits per heavy atom. The van der Waals surface area contributed by atoms with Crippen LogP contribution in [0.25, 0.3) is 0 Å². The fourth-order valence-corrected chi connectivity index (χ4v) is 2.65. The Bertz CT molecular complexity index is 793. The van der Waals surface area contributed by atoms with E-state index in [9.17, 15) is 9.59 Å². The second-order valence-electron chi connectivity index (χ2n) is 5.87. The van der Waals surface area contributed by atoms with Crippen molar-refractivity contribution < 1.29 is 19.1 Å². The van der Waals surface area contributed by atoms with Gasteiger partial charge in [-0.3, -0.25) is 9.59 Å². The quantitative estimate of drug-likeness (QED) is 0.730. The van der Waals surface area contributed by atoms with Crippen LogP contribution in [-0.4, -0.2) is 25.2 Å². The Morgan fingerprint density at radius 3 is 2.42 bits per heavy atom. The van der Waals surface area contributed by atoms with Crippen molar-refractivity contribution in [3.63, 3.8) is 0 Å². The summed E-state index contributed by atoms with van der Waals surface area (Å²) in [5.41, 5.74) is 1.95. The predicted octanol–water partition coefficient (Wildman–Crippen LogP) is 2.43. The maximum atomic E-state index is 11.9. The van der Waals surface area contributed by atoms with Gasteiger partial charge in [-0.15, -0.1) is 0 Å². The number of ether oxygens (including phenoxy) is 2. The number of nitrogens with one attached hydrogen (secondary N) is 2. The van der Waals surface area contributed by atoms with E-state index < -0.39 is 0 Å². The van der Waals surface area contributed by atoms with Crippen LogP contribution in [0.3, 0.4) is 0 Å². The Balaban J connectivity index is 1.36. The second-order valence-corrected chi connectivity index (χ2v) is 6.30. The molecule has 136 valence electrons. The summed E-state index contributed by atoms with van der Waals surface area (Å²) >= 11 is 5.83. The van der Waals surface area contributed by atoms with Gasteiger partial charge in [-0.2, -0.15) is 0 Å². The second kappa shape index (κ2) is 8.58. The van der Waals surface area contributed by atoms with Crippen LogP contribution in [0.15, 0.2) is 42.5 Å². The molecule has 0 saturated heterocycles. The smallest absolute Gasteiger partial charge is 0.231 e. The van der Waals surface area contributed by atoms with Gasteiger partial charge in [0.15, 0.2) is 11.5 Å². The summed E-state index contributed by atoms with van der Waals surface area (Å²) in [5, 5.41) is 6.14. The molecule has 1 heterocycles. The number of carbonyl (C=O) groups is 2. The molecule has 6 nitrogen and oxygen atoms in total. The van der Waals surface area contributed by atoms with E-state index in [-0.39, 0.29) is 25.0 Å². The van der Waals surface area contributed by atoms with E-state index in [4.69, 9.17) is 21.1 Å². The van der Waals surface area contributed by atoms with Crippen LogP contribution in [0.4, 0.5) is 0 Å². The van der Waals surface area contributed by atoms with Gasteiger partial charge in [-0.1, -0.05) is 29.8 Å². The number of carbonyl (C=O) groups excluding carboxylic acids is 2. The molecular formula is C19H19ClN2O4. The molecule has 0 fully saturated rings. The molecule has 3 rings (SSSR count). The predicted molar refractivity (Wildman–Crippen MR) is 97.2 cm³/mol. The van der Waals surface area contributed by atoms with E-state index in [1.165, 1.54) is 0 Å². The molecule has 0 saturated carbocycles. The number of amides is 2. The van der Waals surface area contributed by atoms with Gasteiger partial charge in [0.2, 0.25) is 18.6 Å². The molecule has 1 aliphatic heterocycles. The van der Waals surface area contributed by atoms with Crippen molar-refractivity contribution in [1.82, 2.24) is 10.6 Å². The molecule has 2 amide bonds. The van der Waals surface area contributed by atoms with Gasteiger partial charge in [-0.05, 0) is 41.8 Å². The summed E-state index contributed by atoms with van der Waals surface area (Å²) in [4.78, 5) is 23.7. The van der Waals surface area contributed by atoms with Gasteiger partial charge in [0.1, 0.15) is 6.42 Å². The molecule has 2 aromatic carbocycles. The lowest BCUT2D eigenvalue weighted by Gasteiger charge is -2.07. The summed E-state index contributed by atoms with van der Waals surface area (Å²) in [6.07, 6.45) is 0.479. The third kappa shape index (κ3) is 5.13. The number of halogens is 1. The first-order chi connectivity index (χ1) is 12.6. The van der Waals surface area contributed by atoms with Crippen LogP contribution in [0, 0.1) is 0 Å². The van der Waals surface area contributed by atoms with Gasteiger partial charge in [0, 0.05) is 18.1 Å². The third-order valence-corrected chi connectivity index (χ3v) is 4.15. The highest BCUT2D eigenvalue weighted by Crippen LogP contribution is 2.32. The molecule has 0 spiro atoms. The zero-order valence-electron chi connectivity index (χ0n) is 14.1. The average Bonchev–Trinajstić information content (AvgIpc) is 3.09. The van der Waals surface area contributed by atoms with Crippen molar-refractivity contribution in [2.24, 2.45) is 0 Å². The van der Waals surface area contributed by atoms with Crippen molar-refractivity contribution >= 4 is 23.4 Å². The molecule has 0 radical (unpaired) electrons. The highest BCUT2D eigenvalue weighted by atomic mass is 35.5. The lowest BCUT2D eigenvalue weighted by atomic mass is 10.1. The lowest BCUT2D eigenvalue weighted by Crippen LogP contribution is -2.32. The number of hydrogen-bond acceptors (Lipinski definition) is 4. The molecule has 7 heteroatoms. The summed E-state index contributed by atoms with van der Waals surface area (Å²) in [6.45, 7) is 1.00. The maximum absolute atomic E-state index is 11.9.